The van der Waals surface area contributed by atoms with Gasteiger partial charge in [0.1, 0.15) is 0 Å². The Balaban J connectivity index is 2.00. The molecule has 0 atom stereocenters. The molecule has 0 aromatic carbocycles. The first-order chi connectivity index (χ1) is 7.64. The van der Waals surface area contributed by atoms with Crippen LogP contribution in [0.1, 0.15) is 20.3 Å². The van der Waals surface area contributed by atoms with Crippen LogP contribution in [0.15, 0.2) is 0 Å². The number of nitrogens with one attached hydrogen (secondary N) is 1. The summed E-state index contributed by atoms with van der Waals surface area (Å²) in [4.78, 5) is 2.49. The molecule has 1 saturated heterocycles. The van der Waals surface area contributed by atoms with E-state index in [1.165, 1.54) is 6.42 Å². The molecule has 0 amide bonds. The third-order valence-corrected chi connectivity index (χ3v) is 2.82. The summed E-state index contributed by atoms with van der Waals surface area (Å²) >= 11 is 0. The van der Waals surface area contributed by atoms with Crippen molar-refractivity contribution in [3.63, 3.8) is 0 Å². The molecule has 96 valence electrons. The van der Waals surface area contributed by atoms with Gasteiger partial charge in [-0.15, -0.1) is 0 Å². The van der Waals surface area contributed by atoms with Gasteiger partial charge >= 0.3 is 0 Å². The second kappa shape index (κ2) is 7.22. The Hall–Kier alpha value is -0.160. The molecule has 0 aromatic heterocycles. The van der Waals surface area contributed by atoms with Crippen LogP contribution in [0.5, 0.6) is 0 Å². The molecule has 1 fully saturated rings. The van der Waals surface area contributed by atoms with Crippen molar-refractivity contribution in [3.8, 4) is 0 Å². The van der Waals surface area contributed by atoms with E-state index in [-0.39, 0.29) is 5.60 Å². The van der Waals surface area contributed by atoms with Gasteiger partial charge in [-0.25, -0.2) is 0 Å². The van der Waals surface area contributed by atoms with Crippen LogP contribution in [0.2, 0.25) is 0 Å². The summed E-state index contributed by atoms with van der Waals surface area (Å²) in [5.41, 5.74) is 0.0295. The van der Waals surface area contributed by atoms with Crippen molar-refractivity contribution < 1.29 is 9.47 Å². The van der Waals surface area contributed by atoms with Crippen molar-refractivity contribution in [2.24, 2.45) is 0 Å². The summed E-state index contributed by atoms with van der Waals surface area (Å²) in [6.07, 6.45) is 1.19. The molecule has 1 heterocycles. The van der Waals surface area contributed by atoms with Crippen molar-refractivity contribution >= 4 is 0 Å². The summed E-state index contributed by atoms with van der Waals surface area (Å²) in [6, 6.07) is 0. The van der Waals surface area contributed by atoms with E-state index < -0.39 is 0 Å². The van der Waals surface area contributed by atoms with Gasteiger partial charge in [0.2, 0.25) is 0 Å². The lowest BCUT2D eigenvalue weighted by molar-refractivity contribution is -0.0859. The maximum atomic E-state index is 5.68. The van der Waals surface area contributed by atoms with Gasteiger partial charge in [0.25, 0.3) is 0 Å². The highest BCUT2D eigenvalue weighted by molar-refractivity contribution is 4.78. The van der Waals surface area contributed by atoms with Crippen LogP contribution in [0.25, 0.3) is 0 Å². The lowest BCUT2D eigenvalue weighted by Gasteiger charge is -2.38. The van der Waals surface area contributed by atoms with Gasteiger partial charge in [0, 0.05) is 26.7 Å². The molecule has 0 unspecified atom stereocenters. The lowest BCUT2D eigenvalue weighted by Crippen LogP contribution is -2.48. The number of methoxy groups -OCH3 is 1. The van der Waals surface area contributed by atoms with E-state index in [4.69, 9.17) is 9.47 Å². The van der Waals surface area contributed by atoms with Gasteiger partial charge in [0.05, 0.1) is 18.8 Å². The van der Waals surface area contributed by atoms with Crippen LogP contribution in [-0.2, 0) is 9.47 Å². The van der Waals surface area contributed by atoms with Crippen molar-refractivity contribution in [1.82, 2.24) is 10.2 Å². The Labute approximate surface area is 99.3 Å². The van der Waals surface area contributed by atoms with E-state index in [1.807, 2.05) is 0 Å². The predicted molar refractivity (Wildman–Crippen MR) is 65.8 cm³/mol. The zero-order valence-corrected chi connectivity index (χ0v) is 10.9. The molecule has 0 radical (unpaired) electrons. The first-order valence-electron chi connectivity index (χ1n) is 6.20. The Morgan fingerprint density at radius 1 is 1.38 bits per heavy atom. The fraction of sp³-hybridized carbons (Fsp3) is 1.00. The van der Waals surface area contributed by atoms with E-state index in [0.29, 0.717) is 0 Å². The molecule has 1 N–H and O–H groups in total. The molecule has 0 spiro atoms. The third kappa shape index (κ3) is 5.80. The van der Waals surface area contributed by atoms with Gasteiger partial charge in [0.15, 0.2) is 0 Å². The van der Waals surface area contributed by atoms with Crippen LogP contribution >= 0.6 is 0 Å². The summed E-state index contributed by atoms with van der Waals surface area (Å²) in [5.74, 6) is 0. The van der Waals surface area contributed by atoms with Crippen LogP contribution in [0.4, 0.5) is 0 Å². The van der Waals surface area contributed by atoms with Crippen molar-refractivity contribution in [2.75, 3.05) is 53.0 Å². The molecule has 1 aliphatic heterocycles. The smallest absolute Gasteiger partial charge is 0.0753 e. The summed E-state index contributed by atoms with van der Waals surface area (Å²) < 4.78 is 10.7. The molecular formula is C12H26N2O2. The van der Waals surface area contributed by atoms with Crippen LogP contribution in [-0.4, -0.2) is 63.5 Å². The van der Waals surface area contributed by atoms with Gasteiger partial charge in [-0.3, -0.25) is 4.90 Å². The van der Waals surface area contributed by atoms with Crippen LogP contribution < -0.4 is 5.32 Å². The Morgan fingerprint density at radius 2 is 2.19 bits per heavy atom. The first-order valence-corrected chi connectivity index (χ1v) is 6.20. The zero-order valence-electron chi connectivity index (χ0n) is 10.9. The number of hydrogen-bond donors (Lipinski definition) is 1. The second-order valence-corrected chi connectivity index (χ2v) is 4.98. The molecule has 16 heavy (non-hydrogen) atoms. The van der Waals surface area contributed by atoms with Crippen LogP contribution in [0, 0.1) is 0 Å². The summed E-state index contributed by atoms with van der Waals surface area (Å²) in [5, 5.41) is 3.36. The Bertz CT molecular complexity index is 186. The van der Waals surface area contributed by atoms with Crippen molar-refractivity contribution in [3.05, 3.63) is 0 Å². The molecular weight excluding hydrogens is 204 g/mol. The molecule has 4 heteroatoms. The van der Waals surface area contributed by atoms with Crippen molar-refractivity contribution in [2.45, 2.75) is 25.9 Å². The van der Waals surface area contributed by atoms with Crippen LogP contribution in [0.3, 0.4) is 0 Å². The van der Waals surface area contributed by atoms with Gasteiger partial charge in [-0.1, -0.05) is 0 Å². The quantitative estimate of drug-likeness (QED) is 0.654. The normalized spacial score (nSPS) is 21.2. The number of hydrogen-bond acceptors (Lipinski definition) is 4. The SMILES string of the molecule is COCCNCCCN1CCOC(C)(C)C1. The molecule has 0 bridgehead atoms. The van der Waals surface area contributed by atoms with E-state index in [2.05, 4.69) is 24.1 Å². The first kappa shape index (κ1) is 13.9. The van der Waals surface area contributed by atoms with E-state index in [1.54, 1.807) is 7.11 Å². The highest BCUT2D eigenvalue weighted by Crippen LogP contribution is 2.16. The Morgan fingerprint density at radius 3 is 2.88 bits per heavy atom. The zero-order chi connectivity index (χ0) is 11.9. The maximum absolute atomic E-state index is 5.68. The minimum atomic E-state index is 0.0295. The van der Waals surface area contributed by atoms with Gasteiger partial charge < -0.3 is 14.8 Å². The number of rotatable bonds is 7. The van der Waals surface area contributed by atoms with E-state index in [9.17, 15) is 0 Å². The predicted octanol–water partition coefficient (Wildman–Crippen LogP) is 0.723. The minimum absolute atomic E-state index is 0.0295. The fourth-order valence-electron chi connectivity index (χ4n) is 2.03. The minimum Gasteiger partial charge on any atom is -0.383 e. The molecule has 1 aliphatic rings. The lowest BCUT2D eigenvalue weighted by atomic mass is 10.1. The maximum Gasteiger partial charge on any atom is 0.0753 e. The molecule has 0 saturated carbocycles. The second-order valence-electron chi connectivity index (χ2n) is 4.98. The Kier molecular flexibility index (Phi) is 6.28. The van der Waals surface area contributed by atoms with Gasteiger partial charge in [-0.05, 0) is 33.4 Å². The molecule has 0 aromatic rings. The standard InChI is InChI=1S/C12H26N2O2/c1-12(2)11-14(8-10-16-12)7-4-5-13-6-9-15-3/h13H,4-11H2,1-3H3. The average Bonchev–Trinajstić information content (AvgIpc) is 2.22. The number of ether oxygens (including phenoxy) is 2. The van der Waals surface area contributed by atoms with Gasteiger partial charge in [-0.2, -0.15) is 0 Å². The number of nitrogens with zero attached hydrogens (tertiary/aromatic N) is 1. The van der Waals surface area contributed by atoms with E-state index in [0.717, 1.165) is 45.9 Å². The number of morpholine rings is 1. The highest BCUT2D eigenvalue weighted by Gasteiger charge is 2.26. The fourth-order valence-corrected chi connectivity index (χ4v) is 2.03. The monoisotopic (exact) mass is 230 g/mol. The highest BCUT2D eigenvalue weighted by atomic mass is 16.5. The van der Waals surface area contributed by atoms with E-state index >= 15 is 0 Å². The van der Waals surface area contributed by atoms with Crippen molar-refractivity contribution in [1.29, 1.82) is 0 Å². The molecule has 1 rings (SSSR count). The topological polar surface area (TPSA) is 33.7 Å². The average molecular weight is 230 g/mol. The summed E-state index contributed by atoms with van der Waals surface area (Å²) in [6.45, 7) is 11.3. The molecule has 4 nitrogen and oxygen atoms in total. The third-order valence-electron chi connectivity index (χ3n) is 2.82. The summed E-state index contributed by atoms with van der Waals surface area (Å²) in [7, 11) is 1.73. The largest absolute Gasteiger partial charge is 0.383 e. The molecule has 0 aliphatic carbocycles.